The molecule has 3 rings (SSSR count). The van der Waals surface area contributed by atoms with Gasteiger partial charge in [0.1, 0.15) is 35.0 Å². The lowest BCUT2D eigenvalue weighted by Gasteiger charge is -2.19. The van der Waals surface area contributed by atoms with Crippen molar-refractivity contribution < 1.29 is 14.3 Å². The number of thioether (sulfide) groups is 1. The molecule has 0 amide bonds. The van der Waals surface area contributed by atoms with E-state index in [0.29, 0.717) is 18.1 Å². The van der Waals surface area contributed by atoms with Crippen LogP contribution >= 0.6 is 11.8 Å². The number of rotatable bonds is 6. The molecule has 0 aliphatic heterocycles. The number of benzene rings is 1. The van der Waals surface area contributed by atoms with E-state index in [4.69, 9.17) is 9.47 Å². The largest absolute Gasteiger partial charge is 0.487 e. The molecule has 2 heterocycles. The van der Waals surface area contributed by atoms with Crippen molar-refractivity contribution in [3.63, 3.8) is 0 Å². The maximum Gasteiger partial charge on any atom is 0.419 e. The van der Waals surface area contributed by atoms with Crippen LogP contribution in [0.4, 0.5) is 4.79 Å². The molecule has 8 heteroatoms. The summed E-state index contributed by atoms with van der Waals surface area (Å²) >= 11 is 1.65. The highest BCUT2D eigenvalue weighted by Gasteiger charge is 2.18. The van der Waals surface area contributed by atoms with E-state index >= 15 is 0 Å². The van der Waals surface area contributed by atoms with E-state index < -0.39 is 11.7 Å². The Morgan fingerprint density at radius 1 is 1.10 bits per heavy atom. The molecule has 0 radical (unpaired) electrons. The zero-order valence-corrected chi connectivity index (χ0v) is 17.8. The van der Waals surface area contributed by atoms with Gasteiger partial charge in [0.2, 0.25) is 0 Å². The van der Waals surface area contributed by atoms with Gasteiger partial charge >= 0.3 is 6.09 Å². The van der Waals surface area contributed by atoms with Crippen LogP contribution in [0.5, 0.6) is 5.75 Å². The molecule has 152 valence electrons. The van der Waals surface area contributed by atoms with Gasteiger partial charge < -0.3 is 9.47 Å². The molecule has 0 unspecified atom stereocenters. The SMILES string of the molecule is CCSc1ccc(COc2ccc(-c3cn(C(=O)OC(C)(C)C)cn3)cc2)nn1. The van der Waals surface area contributed by atoms with Crippen LogP contribution in [-0.2, 0) is 11.3 Å². The van der Waals surface area contributed by atoms with Gasteiger partial charge in [0.05, 0.1) is 5.69 Å². The molecule has 7 nitrogen and oxygen atoms in total. The third-order valence-corrected chi connectivity index (χ3v) is 4.51. The fraction of sp³-hybridized carbons (Fsp3) is 0.333. The molecule has 0 saturated carbocycles. The Balaban J connectivity index is 1.59. The van der Waals surface area contributed by atoms with Crippen LogP contribution in [-0.4, -0.2) is 37.2 Å². The molecular formula is C21H24N4O3S. The number of nitrogens with zero attached hydrogens (tertiary/aromatic N) is 4. The summed E-state index contributed by atoms with van der Waals surface area (Å²) in [4.78, 5) is 16.4. The predicted octanol–water partition coefficient (Wildman–Crippen LogP) is 4.81. The number of hydrogen-bond acceptors (Lipinski definition) is 7. The van der Waals surface area contributed by atoms with Crippen LogP contribution in [0, 0.1) is 0 Å². The zero-order chi connectivity index (χ0) is 20.9. The van der Waals surface area contributed by atoms with Crippen molar-refractivity contribution in [2.45, 2.75) is 44.9 Å². The number of hydrogen-bond donors (Lipinski definition) is 0. The van der Waals surface area contributed by atoms with Gasteiger partial charge in [-0.1, -0.05) is 6.92 Å². The van der Waals surface area contributed by atoms with E-state index in [1.54, 1.807) is 18.0 Å². The molecule has 3 aromatic rings. The smallest absolute Gasteiger partial charge is 0.419 e. The minimum absolute atomic E-state index is 0.344. The molecule has 0 aliphatic carbocycles. The highest BCUT2D eigenvalue weighted by molar-refractivity contribution is 7.99. The average Bonchev–Trinajstić information content (AvgIpc) is 3.17. The first-order chi connectivity index (χ1) is 13.8. The molecule has 29 heavy (non-hydrogen) atoms. The van der Waals surface area contributed by atoms with Gasteiger partial charge in [0.25, 0.3) is 0 Å². The van der Waals surface area contributed by atoms with Crippen LogP contribution in [0.15, 0.2) is 53.9 Å². The van der Waals surface area contributed by atoms with Crippen molar-refractivity contribution in [2.24, 2.45) is 0 Å². The van der Waals surface area contributed by atoms with Crippen molar-refractivity contribution in [1.82, 2.24) is 19.7 Å². The molecule has 0 N–H and O–H groups in total. The quantitative estimate of drug-likeness (QED) is 0.537. The van der Waals surface area contributed by atoms with E-state index in [0.717, 1.165) is 22.0 Å². The van der Waals surface area contributed by atoms with E-state index in [9.17, 15) is 4.79 Å². The Morgan fingerprint density at radius 2 is 1.86 bits per heavy atom. The summed E-state index contributed by atoms with van der Waals surface area (Å²) in [5, 5.41) is 9.24. The van der Waals surface area contributed by atoms with Crippen LogP contribution in [0.3, 0.4) is 0 Å². The molecular weight excluding hydrogens is 388 g/mol. The summed E-state index contributed by atoms with van der Waals surface area (Å²) in [5.41, 5.74) is 1.77. The van der Waals surface area contributed by atoms with Crippen molar-refractivity contribution in [3.8, 4) is 17.0 Å². The van der Waals surface area contributed by atoms with Crippen molar-refractivity contribution in [1.29, 1.82) is 0 Å². The molecule has 0 atom stereocenters. The van der Waals surface area contributed by atoms with Crippen LogP contribution in [0.1, 0.15) is 33.4 Å². The normalized spacial score (nSPS) is 11.3. The molecule has 0 aliphatic rings. The highest BCUT2D eigenvalue weighted by atomic mass is 32.2. The Labute approximate surface area is 174 Å². The van der Waals surface area contributed by atoms with Crippen LogP contribution in [0.2, 0.25) is 0 Å². The van der Waals surface area contributed by atoms with Gasteiger partial charge in [-0.3, -0.25) is 0 Å². The fourth-order valence-corrected chi connectivity index (χ4v) is 2.97. The second kappa shape index (κ2) is 9.09. The van der Waals surface area contributed by atoms with Gasteiger partial charge in [-0.05, 0) is 62.9 Å². The standard InChI is InChI=1S/C21H24N4O3S/c1-5-29-19-11-8-16(23-24-19)13-27-17-9-6-15(7-10-17)18-12-25(14-22-18)20(26)28-21(2,3)4/h6-12,14H,5,13H2,1-4H3. The van der Waals surface area contributed by atoms with E-state index in [2.05, 4.69) is 22.1 Å². The first-order valence-corrected chi connectivity index (χ1v) is 10.3. The maximum atomic E-state index is 12.1. The van der Waals surface area contributed by atoms with E-state index in [1.165, 1.54) is 10.9 Å². The van der Waals surface area contributed by atoms with Crippen LogP contribution < -0.4 is 4.74 Å². The molecule has 1 aromatic carbocycles. The number of imidazole rings is 1. The average molecular weight is 413 g/mol. The van der Waals surface area contributed by atoms with Crippen LogP contribution in [0.25, 0.3) is 11.3 Å². The number of aromatic nitrogens is 4. The molecule has 0 spiro atoms. The Morgan fingerprint density at radius 3 is 2.48 bits per heavy atom. The molecule has 2 aromatic heterocycles. The number of carbonyl (C=O) groups excluding carboxylic acids is 1. The third kappa shape index (κ3) is 6.05. The Bertz CT molecular complexity index is 947. The lowest BCUT2D eigenvalue weighted by Crippen LogP contribution is -2.26. The summed E-state index contributed by atoms with van der Waals surface area (Å²) in [5.74, 6) is 1.68. The van der Waals surface area contributed by atoms with Gasteiger partial charge in [-0.15, -0.1) is 16.9 Å². The summed E-state index contributed by atoms with van der Waals surface area (Å²) < 4.78 is 12.4. The highest BCUT2D eigenvalue weighted by Crippen LogP contribution is 2.22. The fourth-order valence-electron chi connectivity index (χ4n) is 2.42. The summed E-state index contributed by atoms with van der Waals surface area (Å²) in [6.07, 6.45) is 2.64. The van der Waals surface area contributed by atoms with Crippen molar-refractivity contribution >= 4 is 17.9 Å². The first kappa shape index (κ1) is 20.9. The molecule has 0 bridgehead atoms. The maximum absolute atomic E-state index is 12.1. The van der Waals surface area contributed by atoms with Gasteiger partial charge in [-0.2, -0.15) is 5.10 Å². The number of carbonyl (C=O) groups is 1. The Hall–Kier alpha value is -2.87. The van der Waals surface area contributed by atoms with Crippen molar-refractivity contribution in [3.05, 3.63) is 54.6 Å². The Kier molecular flexibility index (Phi) is 6.53. The third-order valence-electron chi connectivity index (χ3n) is 3.71. The minimum atomic E-state index is -0.556. The van der Waals surface area contributed by atoms with Gasteiger partial charge in [0.15, 0.2) is 0 Å². The summed E-state index contributed by atoms with van der Waals surface area (Å²) in [6, 6.07) is 11.4. The van der Waals surface area contributed by atoms with Gasteiger partial charge in [-0.25, -0.2) is 14.3 Å². The monoisotopic (exact) mass is 412 g/mol. The van der Waals surface area contributed by atoms with E-state index in [-0.39, 0.29) is 0 Å². The summed E-state index contributed by atoms with van der Waals surface area (Å²) in [6.45, 7) is 7.90. The second-order valence-electron chi connectivity index (χ2n) is 7.26. The molecule has 0 fully saturated rings. The number of ether oxygens (including phenoxy) is 2. The van der Waals surface area contributed by atoms with Gasteiger partial charge in [0, 0.05) is 11.8 Å². The lowest BCUT2D eigenvalue weighted by molar-refractivity contribution is 0.0536. The minimum Gasteiger partial charge on any atom is -0.487 e. The second-order valence-corrected chi connectivity index (χ2v) is 8.54. The topological polar surface area (TPSA) is 79.1 Å². The predicted molar refractivity (Wildman–Crippen MR) is 112 cm³/mol. The molecule has 0 saturated heterocycles. The van der Waals surface area contributed by atoms with E-state index in [1.807, 2.05) is 57.2 Å². The first-order valence-electron chi connectivity index (χ1n) is 9.30. The van der Waals surface area contributed by atoms with Crippen molar-refractivity contribution in [2.75, 3.05) is 5.75 Å². The lowest BCUT2D eigenvalue weighted by atomic mass is 10.1. The summed E-state index contributed by atoms with van der Waals surface area (Å²) in [7, 11) is 0. The zero-order valence-electron chi connectivity index (χ0n) is 17.0.